The number of nitrogens with one attached hydrogen (secondary N) is 2. The number of hydrogen-bond donors (Lipinski definition) is 2. The summed E-state index contributed by atoms with van der Waals surface area (Å²) in [4.78, 5) is 9.44. The zero-order chi connectivity index (χ0) is 20.5. The highest BCUT2D eigenvalue weighted by Gasteiger charge is 2.17. The van der Waals surface area contributed by atoms with Gasteiger partial charge in [-0.2, -0.15) is 0 Å². The molecule has 1 unspecified atom stereocenters. The van der Waals surface area contributed by atoms with Gasteiger partial charge < -0.3 is 15.1 Å². The highest BCUT2D eigenvalue weighted by Crippen LogP contribution is 2.17. The maximum absolute atomic E-state index is 5.59. The Balaban J connectivity index is 0.00000320. The van der Waals surface area contributed by atoms with Crippen LogP contribution in [0.1, 0.15) is 42.7 Å². The molecule has 0 aliphatic carbocycles. The minimum absolute atomic E-state index is 0. The summed E-state index contributed by atoms with van der Waals surface area (Å²) >= 11 is 0. The number of rotatable bonds is 9. The fourth-order valence-corrected chi connectivity index (χ4v) is 3.67. The predicted molar refractivity (Wildman–Crippen MR) is 134 cm³/mol. The molecule has 166 valence electrons. The molecule has 0 spiro atoms. The van der Waals surface area contributed by atoms with Gasteiger partial charge in [-0.1, -0.05) is 24.3 Å². The van der Waals surface area contributed by atoms with Gasteiger partial charge in [0.1, 0.15) is 5.76 Å². The second-order valence-electron chi connectivity index (χ2n) is 7.87. The molecule has 3 rings (SSSR count). The number of furan rings is 1. The molecule has 7 heteroatoms. The van der Waals surface area contributed by atoms with Crippen LogP contribution in [0.25, 0.3) is 0 Å². The van der Waals surface area contributed by atoms with Crippen LogP contribution in [0.4, 0.5) is 0 Å². The fourth-order valence-electron chi connectivity index (χ4n) is 3.67. The maximum Gasteiger partial charge on any atom is 0.191 e. The standard InChI is InChI=1S/C23H35N5O.HI/c1-4-24-23(26-17-21(27(2)3)22-8-7-15-29-22)25-16-19-9-11-20(12-10-19)18-28-13-5-6-14-28;/h7-12,15,21H,4-6,13-14,16-18H2,1-3H3,(H2,24,25,26);1H. The molecule has 1 atom stereocenters. The van der Waals surface area contributed by atoms with Gasteiger partial charge in [0.2, 0.25) is 0 Å². The van der Waals surface area contributed by atoms with Crippen molar-refractivity contribution in [1.29, 1.82) is 0 Å². The Morgan fingerprint density at radius 2 is 1.80 bits per heavy atom. The van der Waals surface area contributed by atoms with Crippen LogP contribution >= 0.6 is 24.0 Å². The van der Waals surface area contributed by atoms with Crippen molar-refractivity contribution in [3.63, 3.8) is 0 Å². The number of nitrogens with zero attached hydrogens (tertiary/aromatic N) is 3. The number of aliphatic imine (C=N–C) groups is 1. The Labute approximate surface area is 198 Å². The van der Waals surface area contributed by atoms with Gasteiger partial charge in [0, 0.05) is 19.6 Å². The van der Waals surface area contributed by atoms with Gasteiger partial charge in [-0.25, -0.2) is 4.99 Å². The molecule has 0 saturated carbocycles. The lowest BCUT2D eigenvalue weighted by Gasteiger charge is -2.23. The molecule has 1 aliphatic heterocycles. The Bertz CT molecular complexity index is 739. The van der Waals surface area contributed by atoms with Crippen LogP contribution in [0.15, 0.2) is 52.1 Å². The summed E-state index contributed by atoms with van der Waals surface area (Å²) in [5.41, 5.74) is 2.61. The van der Waals surface area contributed by atoms with E-state index in [1.54, 1.807) is 6.26 Å². The molecule has 1 aromatic carbocycles. The summed E-state index contributed by atoms with van der Waals surface area (Å²) < 4.78 is 5.59. The van der Waals surface area contributed by atoms with Crippen LogP contribution < -0.4 is 10.6 Å². The first-order valence-corrected chi connectivity index (χ1v) is 10.7. The van der Waals surface area contributed by atoms with Crippen LogP contribution in [-0.4, -0.2) is 56.0 Å². The molecule has 1 aromatic heterocycles. The lowest BCUT2D eigenvalue weighted by molar-refractivity contribution is 0.258. The van der Waals surface area contributed by atoms with E-state index in [-0.39, 0.29) is 30.0 Å². The van der Waals surface area contributed by atoms with Crippen LogP contribution in [0, 0.1) is 0 Å². The first kappa shape index (κ1) is 24.7. The minimum Gasteiger partial charge on any atom is -0.468 e. The second kappa shape index (κ2) is 13.0. The summed E-state index contributed by atoms with van der Waals surface area (Å²) in [5.74, 6) is 1.78. The van der Waals surface area contributed by atoms with Gasteiger partial charge in [0.25, 0.3) is 0 Å². The highest BCUT2D eigenvalue weighted by atomic mass is 127. The number of benzene rings is 1. The fraction of sp³-hybridized carbons (Fsp3) is 0.522. The Hall–Kier alpha value is -1.58. The molecule has 1 aliphatic rings. The van der Waals surface area contributed by atoms with E-state index in [0.29, 0.717) is 6.54 Å². The number of guanidine groups is 1. The Morgan fingerprint density at radius 1 is 1.10 bits per heavy atom. The molecule has 1 fully saturated rings. The average Bonchev–Trinajstić information content (AvgIpc) is 3.41. The molecule has 0 radical (unpaired) electrons. The van der Waals surface area contributed by atoms with Crippen molar-refractivity contribution in [3.05, 3.63) is 59.5 Å². The molecule has 6 nitrogen and oxygen atoms in total. The molecule has 2 N–H and O–H groups in total. The summed E-state index contributed by atoms with van der Waals surface area (Å²) in [7, 11) is 4.12. The van der Waals surface area contributed by atoms with Gasteiger partial charge in [-0.05, 0) is 70.2 Å². The van der Waals surface area contributed by atoms with Crippen molar-refractivity contribution in [1.82, 2.24) is 20.4 Å². The lowest BCUT2D eigenvalue weighted by atomic mass is 10.1. The van der Waals surface area contributed by atoms with Crippen LogP contribution in [-0.2, 0) is 13.1 Å². The van der Waals surface area contributed by atoms with E-state index in [0.717, 1.165) is 31.4 Å². The number of likely N-dealkylation sites (tertiary alicyclic amines) is 1. The van der Waals surface area contributed by atoms with Crippen LogP contribution in [0.3, 0.4) is 0 Å². The number of hydrogen-bond acceptors (Lipinski definition) is 4. The average molecular weight is 525 g/mol. The molecular formula is C23H36IN5O. The molecule has 30 heavy (non-hydrogen) atoms. The second-order valence-corrected chi connectivity index (χ2v) is 7.87. The largest absolute Gasteiger partial charge is 0.468 e. The van der Waals surface area contributed by atoms with Gasteiger partial charge in [-0.15, -0.1) is 24.0 Å². The van der Waals surface area contributed by atoms with Crippen molar-refractivity contribution >= 4 is 29.9 Å². The van der Waals surface area contributed by atoms with E-state index >= 15 is 0 Å². The summed E-state index contributed by atoms with van der Waals surface area (Å²) in [6.07, 6.45) is 4.39. The monoisotopic (exact) mass is 525 g/mol. The SMILES string of the molecule is CCNC(=NCc1ccc(CN2CCCC2)cc1)NCC(c1ccco1)N(C)C.I. The first-order chi connectivity index (χ1) is 14.2. The normalized spacial score (nSPS) is 15.8. The number of halogens is 1. The maximum atomic E-state index is 5.59. The van der Waals surface area contributed by atoms with Gasteiger partial charge in [0.15, 0.2) is 5.96 Å². The van der Waals surface area contributed by atoms with Crippen LogP contribution in [0.5, 0.6) is 0 Å². The van der Waals surface area contributed by atoms with E-state index in [4.69, 9.17) is 9.41 Å². The number of likely N-dealkylation sites (N-methyl/N-ethyl adjacent to an activating group) is 1. The predicted octanol–water partition coefficient (Wildman–Crippen LogP) is 3.85. The first-order valence-electron chi connectivity index (χ1n) is 10.7. The van der Waals surface area contributed by atoms with Gasteiger partial charge in [-0.3, -0.25) is 9.80 Å². The third kappa shape index (κ3) is 7.59. The lowest BCUT2D eigenvalue weighted by Crippen LogP contribution is -2.41. The summed E-state index contributed by atoms with van der Waals surface area (Å²) in [6.45, 7) is 7.82. The quantitative estimate of drug-likeness (QED) is 0.296. The van der Waals surface area contributed by atoms with Crippen molar-refractivity contribution in [2.24, 2.45) is 4.99 Å². The zero-order valence-corrected chi connectivity index (χ0v) is 20.8. The van der Waals surface area contributed by atoms with Crippen molar-refractivity contribution in [2.45, 2.75) is 38.9 Å². The van der Waals surface area contributed by atoms with E-state index < -0.39 is 0 Å². The molecule has 2 aromatic rings. The zero-order valence-electron chi connectivity index (χ0n) is 18.4. The molecule has 0 bridgehead atoms. The van der Waals surface area contributed by atoms with E-state index in [1.165, 1.54) is 37.1 Å². The molecule has 0 amide bonds. The minimum atomic E-state index is 0. The summed E-state index contributed by atoms with van der Waals surface area (Å²) in [5, 5.41) is 6.79. The molecular weight excluding hydrogens is 489 g/mol. The third-order valence-electron chi connectivity index (χ3n) is 5.35. The van der Waals surface area contributed by atoms with E-state index in [1.807, 2.05) is 12.1 Å². The van der Waals surface area contributed by atoms with Gasteiger partial charge >= 0.3 is 0 Å². The third-order valence-corrected chi connectivity index (χ3v) is 5.35. The Kier molecular flexibility index (Phi) is 10.7. The van der Waals surface area contributed by atoms with Crippen LogP contribution in [0.2, 0.25) is 0 Å². The topological polar surface area (TPSA) is 56.0 Å². The Morgan fingerprint density at radius 3 is 2.40 bits per heavy atom. The molecule has 1 saturated heterocycles. The van der Waals surface area contributed by atoms with E-state index in [9.17, 15) is 0 Å². The smallest absolute Gasteiger partial charge is 0.191 e. The summed E-state index contributed by atoms with van der Waals surface area (Å²) in [6, 6.07) is 13.0. The van der Waals surface area contributed by atoms with Crippen molar-refractivity contribution in [3.8, 4) is 0 Å². The highest BCUT2D eigenvalue weighted by molar-refractivity contribution is 14.0. The van der Waals surface area contributed by atoms with Gasteiger partial charge in [0.05, 0.1) is 18.8 Å². The van der Waals surface area contributed by atoms with Crippen molar-refractivity contribution in [2.75, 3.05) is 40.3 Å². The van der Waals surface area contributed by atoms with E-state index in [2.05, 4.69) is 65.7 Å². The van der Waals surface area contributed by atoms with Crippen molar-refractivity contribution < 1.29 is 4.42 Å². The molecule has 2 heterocycles.